The van der Waals surface area contributed by atoms with Crippen LogP contribution in [0, 0.1) is 6.92 Å². The van der Waals surface area contributed by atoms with Gasteiger partial charge in [0.25, 0.3) is 0 Å². The number of ether oxygens (including phenoxy) is 1. The van der Waals surface area contributed by atoms with Crippen LogP contribution in [0.2, 0.25) is 0 Å². The first kappa shape index (κ1) is 23.3. The highest BCUT2D eigenvalue weighted by Gasteiger charge is 2.27. The number of hydrogen-bond donors (Lipinski definition) is 1. The van der Waals surface area contributed by atoms with E-state index in [0.717, 1.165) is 61.7 Å². The summed E-state index contributed by atoms with van der Waals surface area (Å²) < 4.78 is 6.16. The summed E-state index contributed by atoms with van der Waals surface area (Å²) in [6, 6.07) is 14.3. The zero-order valence-corrected chi connectivity index (χ0v) is 20.2. The summed E-state index contributed by atoms with van der Waals surface area (Å²) in [5.74, 6) is 0.837. The van der Waals surface area contributed by atoms with Gasteiger partial charge in [0.05, 0.1) is 11.8 Å². The van der Waals surface area contributed by atoms with Gasteiger partial charge in [0.15, 0.2) is 0 Å². The van der Waals surface area contributed by atoms with E-state index in [0.29, 0.717) is 6.61 Å². The van der Waals surface area contributed by atoms with Crippen LogP contribution >= 0.6 is 0 Å². The maximum absolute atomic E-state index is 12.6. The summed E-state index contributed by atoms with van der Waals surface area (Å²) in [6.45, 7) is 10.1. The number of likely N-dealkylation sites (N-methyl/N-ethyl adjacent to an activating group) is 1. The van der Waals surface area contributed by atoms with Gasteiger partial charge in [-0.1, -0.05) is 35.9 Å². The van der Waals surface area contributed by atoms with Crippen LogP contribution < -0.4 is 10.1 Å². The van der Waals surface area contributed by atoms with Crippen LogP contribution in [0.4, 0.5) is 4.79 Å². The van der Waals surface area contributed by atoms with Crippen molar-refractivity contribution in [2.24, 2.45) is 5.10 Å². The monoisotopic (exact) mass is 449 g/mol. The second-order valence-electron chi connectivity index (χ2n) is 9.08. The number of hydrazone groups is 1. The van der Waals surface area contributed by atoms with Crippen molar-refractivity contribution in [2.45, 2.75) is 26.3 Å². The topological polar surface area (TPSA) is 60.4 Å². The van der Waals surface area contributed by atoms with Crippen molar-refractivity contribution in [2.75, 3.05) is 53.4 Å². The first-order valence-corrected chi connectivity index (χ1v) is 11.8. The molecule has 0 aromatic heterocycles. The molecule has 0 bridgehead atoms. The Bertz CT molecular complexity index is 996. The number of amides is 2. The average Bonchev–Trinajstić information content (AvgIpc) is 2.96. The Hall–Kier alpha value is -2.90. The molecular formula is C26H35N5O2. The molecule has 176 valence electrons. The maximum Gasteiger partial charge on any atom is 0.337 e. The molecule has 1 saturated heterocycles. The molecule has 2 aliphatic rings. The normalized spacial score (nSPS) is 19.5. The Kier molecular flexibility index (Phi) is 7.30. The zero-order chi connectivity index (χ0) is 23.4. The van der Waals surface area contributed by atoms with Gasteiger partial charge < -0.3 is 15.0 Å². The fourth-order valence-corrected chi connectivity index (χ4v) is 4.36. The van der Waals surface area contributed by atoms with Crippen LogP contribution in [0.25, 0.3) is 0 Å². The van der Waals surface area contributed by atoms with Crippen LogP contribution in [0.1, 0.15) is 29.2 Å². The van der Waals surface area contributed by atoms with Crippen LogP contribution in [-0.2, 0) is 6.42 Å². The number of carbonyl (C=O) groups excluding carboxylic acids is 1. The molecule has 1 fully saturated rings. The number of nitrogens with zero attached hydrogens (tertiary/aromatic N) is 4. The summed E-state index contributed by atoms with van der Waals surface area (Å²) in [4.78, 5) is 17.4. The van der Waals surface area contributed by atoms with E-state index in [-0.39, 0.29) is 12.1 Å². The molecule has 1 N–H and O–H groups in total. The second kappa shape index (κ2) is 10.4. The number of nitrogens with one attached hydrogen (secondary N) is 1. The van der Waals surface area contributed by atoms with E-state index >= 15 is 0 Å². The molecule has 0 aliphatic carbocycles. The molecule has 0 saturated carbocycles. The average molecular weight is 450 g/mol. The molecule has 1 atom stereocenters. The van der Waals surface area contributed by atoms with Crippen LogP contribution in [0.5, 0.6) is 5.75 Å². The van der Waals surface area contributed by atoms with Crippen molar-refractivity contribution in [3.8, 4) is 5.75 Å². The standard InChI is InChI=1S/C26H35N5O2/c1-19-5-7-21(8-6-19)25-24-18-23(33-16-15-30-13-11-29(4)12-14-30)10-9-22(24)17-20(2)31(28-25)26(32)27-3/h5-10,18,20H,11-17H2,1-4H3,(H,27,32). The number of piperazine rings is 1. The molecular weight excluding hydrogens is 414 g/mol. The highest BCUT2D eigenvalue weighted by Crippen LogP contribution is 2.27. The Labute approximate surface area is 197 Å². The number of hydrogen-bond acceptors (Lipinski definition) is 5. The number of rotatable bonds is 5. The zero-order valence-electron chi connectivity index (χ0n) is 20.2. The number of benzene rings is 2. The molecule has 2 amide bonds. The Balaban J connectivity index is 1.59. The molecule has 2 aromatic carbocycles. The summed E-state index contributed by atoms with van der Waals surface area (Å²) in [5.41, 5.74) is 5.15. The summed E-state index contributed by atoms with van der Waals surface area (Å²) >= 11 is 0. The van der Waals surface area contributed by atoms with Gasteiger partial charge >= 0.3 is 6.03 Å². The Morgan fingerprint density at radius 3 is 2.55 bits per heavy atom. The molecule has 2 aliphatic heterocycles. The smallest absolute Gasteiger partial charge is 0.337 e. The second-order valence-corrected chi connectivity index (χ2v) is 9.08. The Morgan fingerprint density at radius 1 is 1.12 bits per heavy atom. The third kappa shape index (κ3) is 5.54. The molecule has 0 radical (unpaired) electrons. The van der Waals surface area contributed by atoms with Gasteiger partial charge in [0.2, 0.25) is 0 Å². The fraction of sp³-hybridized carbons (Fsp3) is 0.462. The largest absolute Gasteiger partial charge is 0.492 e. The lowest BCUT2D eigenvalue weighted by Gasteiger charge is -2.32. The van der Waals surface area contributed by atoms with Crippen molar-refractivity contribution in [3.63, 3.8) is 0 Å². The van der Waals surface area contributed by atoms with Crippen molar-refractivity contribution in [3.05, 3.63) is 64.7 Å². The van der Waals surface area contributed by atoms with Crippen molar-refractivity contribution < 1.29 is 9.53 Å². The minimum Gasteiger partial charge on any atom is -0.492 e. The highest BCUT2D eigenvalue weighted by molar-refractivity contribution is 6.14. The predicted octanol–water partition coefficient (Wildman–Crippen LogP) is 2.96. The van der Waals surface area contributed by atoms with Gasteiger partial charge in [-0.15, -0.1) is 0 Å². The quantitative estimate of drug-likeness (QED) is 0.763. The van der Waals surface area contributed by atoms with Crippen molar-refractivity contribution in [1.29, 1.82) is 0 Å². The first-order chi connectivity index (χ1) is 15.9. The van der Waals surface area contributed by atoms with Gasteiger partial charge in [-0.3, -0.25) is 4.90 Å². The third-order valence-electron chi connectivity index (χ3n) is 6.50. The van der Waals surface area contributed by atoms with Crippen molar-refractivity contribution in [1.82, 2.24) is 20.1 Å². The molecule has 1 unspecified atom stereocenters. The summed E-state index contributed by atoms with van der Waals surface area (Å²) in [7, 11) is 3.81. The van der Waals surface area contributed by atoms with E-state index in [1.807, 2.05) is 13.0 Å². The van der Waals surface area contributed by atoms with E-state index in [4.69, 9.17) is 9.84 Å². The fourth-order valence-electron chi connectivity index (χ4n) is 4.36. The lowest BCUT2D eigenvalue weighted by atomic mass is 9.94. The SMILES string of the molecule is CNC(=O)N1N=C(c2ccc(C)cc2)c2cc(OCCN3CCN(C)CC3)ccc2CC1C. The number of aryl methyl sites for hydroxylation is 1. The van der Waals surface area contributed by atoms with E-state index in [9.17, 15) is 4.79 Å². The summed E-state index contributed by atoms with van der Waals surface area (Å²) in [6.07, 6.45) is 0.725. The van der Waals surface area contributed by atoms with Gasteiger partial charge in [-0.2, -0.15) is 5.10 Å². The Morgan fingerprint density at radius 2 is 1.85 bits per heavy atom. The molecule has 7 nitrogen and oxygen atoms in total. The minimum absolute atomic E-state index is 0.0596. The highest BCUT2D eigenvalue weighted by atomic mass is 16.5. The van der Waals surface area contributed by atoms with E-state index in [1.165, 1.54) is 11.1 Å². The minimum atomic E-state index is -0.205. The number of urea groups is 1. The molecule has 4 rings (SSSR count). The molecule has 2 aromatic rings. The first-order valence-electron chi connectivity index (χ1n) is 11.8. The van der Waals surface area contributed by atoms with Gasteiger partial charge in [0, 0.05) is 50.9 Å². The third-order valence-corrected chi connectivity index (χ3v) is 6.50. The maximum atomic E-state index is 12.6. The van der Waals surface area contributed by atoms with Crippen LogP contribution in [0.15, 0.2) is 47.6 Å². The lowest BCUT2D eigenvalue weighted by molar-refractivity contribution is 0.133. The van der Waals surface area contributed by atoms with Gasteiger partial charge in [0.1, 0.15) is 12.4 Å². The van der Waals surface area contributed by atoms with Crippen LogP contribution in [0.3, 0.4) is 0 Å². The molecule has 2 heterocycles. The van der Waals surface area contributed by atoms with Gasteiger partial charge in [-0.05, 0) is 45.0 Å². The number of fused-ring (bicyclic) bond motifs is 1. The van der Waals surface area contributed by atoms with Crippen molar-refractivity contribution >= 4 is 11.7 Å². The molecule has 7 heteroatoms. The predicted molar refractivity (Wildman–Crippen MR) is 132 cm³/mol. The van der Waals surface area contributed by atoms with E-state index in [2.05, 4.69) is 65.5 Å². The van der Waals surface area contributed by atoms with E-state index < -0.39 is 0 Å². The molecule has 33 heavy (non-hydrogen) atoms. The van der Waals surface area contributed by atoms with E-state index in [1.54, 1.807) is 12.1 Å². The number of carbonyl (C=O) groups is 1. The van der Waals surface area contributed by atoms with Gasteiger partial charge in [-0.25, -0.2) is 9.80 Å². The lowest BCUT2D eigenvalue weighted by Crippen LogP contribution is -2.45. The molecule has 0 spiro atoms. The van der Waals surface area contributed by atoms with Crippen LogP contribution in [-0.4, -0.2) is 86.0 Å². The summed E-state index contributed by atoms with van der Waals surface area (Å²) in [5, 5.41) is 9.12.